The summed E-state index contributed by atoms with van der Waals surface area (Å²) >= 11 is 15.6. The Balaban J connectivity index is 2.01. The second kappa shape index (κ2) is 7.55. The van der Waals surface area contributed by atoms with Crippen LogP contribution in [0.4, 0.5) is 0 Å². The van der Waals surface area contributed by atoms with Crippen LogP contribution in [-0.4, -0.2) is 12.3 Å². The Bertz CT molecular complexity index is 510. The molecule has 0 amide bonds. The van der Waals surface area contributed by atoms with E-state index in [2.05, 4.69) is 12.2 Å². The number of hydrogen-bond acceptors (Lipinski definition) is 3. The van der Waals surface area contributed by atoms with Crippen LogP contribution in [0.1, 0.15) is 17.8 Å². The van der Waals surface area contributed by atoms with E-state index in [4.69, 9.17) is 23.2 Å². The Hall–Kier alpha value is -0.190. The van der Waals surface area contributed by atoms with Gasteiger partial charge in [-0.05, 0) is 42.3 Å². The molecule has 0 fully saturated rings. The highest BCUT2D eigenvalue weighted by Crippen LogP contribution is 2.32. The molecule has 0 saturated heterocycles. The average molecular weight is 332 g/mol. The number of hydrogen-bond donors (Lipinski definition) is 1. The van der Waals surface area contributed by atoms with Gasteiger partial charge >= 0.3 is 0 Å². The van der Waals surface area contributed by atoms with Gasteiger partial charge in [0.2, 0.25) is 0 Å². The monoisotopic (exact) mass is 331 g/mol. The Morgan fingerprint density at radius 2 is 1.95 bits per heavy atom. The lowest BCUT2D eigenvalue weighted by molar-refractivity contribution is 0.615. The molecule has 1 aromatic carbocycles. The zero-order valence-electron chi connectivity index (χ0n) is 10.5. The molecule has 1 nitrogen and oxygen atoms in total. The molecular formula is C14H15Cl2NS2. The lowest BCUT2D eigenvalue weighted by Crippen LogP contribution is -2.22. The third-order valence-corrected chi connectivity index (χ3v) is 5.47. The normalized spacial score (nSPS) is 12.6. The van der Waals surface area contributed by atoms with Gasteiger partial charge in [-0.2, -0.15) is 0 Å². The van der Waals surface area contributed by atoms with Gasteiger partial charge < -0.3 is 5.32 Å². The third kappa shape index (κ3) is 4.40. The number of nitrogens with one attached hydrogen (secondary N) is 1. The van der Waals surface area contributed by atoms with Crippen LogP contribution in [0.2, 0.25) is 10.0 Å². The van der Waals surface area contributed by atoms with Gasteiger partial charge in [0, 0.05) is 20.5 Å². The van der Waals surface area contributed by atoms with E-state index in [0.717, 1.165) is 22.3 Å². The molecule has 1 heterocycles. The van der Waals surface area contributed by atoms with Crippen molar-refractivity contribution in [2.45, 2.75) is 17.9 Å². The van der Waals surface area contributed by atoms with E-state index < -0.39 is 0 Å². The van der Waals surface area contributed by atoms with Gasteiger partial charge in [0.05, 0.1) is 11.1 Å². The van der Waals surface area contributed by atoms with Crippen molar-refractivity contribution in [1.82, 2.24) is 5.32 Å². The molecule has 0 spiro atoms. The molecule has 19 heavy (non-hydrogen) atoms. The van der Waals surface area contributed by atoms with Crippen LogP contribution >= 0.6 is 46.3 Å². The van der Waals surface area contributed by atoms with Gasteiger partial charge in [-0.1, -0.05) is 30.1 Å². The molecular weight excluding hydrogens is 317 g/mol. The Kier molecular flexibility index (Phi) is 6.05. The summed E-state index contributed by atoms with van der Waals surface area (Å²) in [6, 6.07) is 10.2. The lowest BCUT2D eigenvalue weighted by atomic mass is 10.3. The van der Waals surface area contributed by atoms with Crippen molar-refractivity contribution < 1.29 is 0 Å². The molecule has 1 atom stereocenters. The molecule has 0 aliphatic rings. The summed E-state index contributed by atoms with van der Waals surface area (Å²) < 4.78 is 0. The Morgan fingerprint density at radius 1 is 1.21 bits per heavy atom. The van der Waals surface area contributed by atoms with E-state index in [1.165, 1.54) is 9.77 Å². The van der Waals surface area contributed by atoms with Crippen LogP contribution < -0.4 is 5.32 Å². The maximum Gasteiger partial charge on any atom is 0.0561 e. The van der Waals surface area contributed by atoms with Gasteiger partial charge in [0.25, 0.3) is 0 Å². The number of thiophene rings is 1. The quantitative estimate of drug-likeness (QED) is 0.701. The Labute approximate surface area is 132 Å². The van der Waals surface area contributed by atoms with Gasteiger partial charge in [0.15, 0.2) is 0 Å². The maximum atomic E-state index is 6.22. The van der Waals surface area contributed by atoms with Crippen molar-refractivity contribution in [3.8, 4) is 0 Å². The molecule has 1 unspecified atom stereocenters. The topological polar surface area (TPSA) is 12.0 Å². The second-order valence-corrected chi connectivity index (χ2v) is 6.89. The van der Waals surface area contributed by atoms with Gasteiger partial charge in [0.1, 0.15) is 0 Å². The minimum absolute atomic E-state index is 0.290. The van der Waals surface area contributed by atoms with E-state index in [0.29, 0.717) is 0 Å². The second-order valence-electron chi connectivity index (χ2n) is 4.01. The predicted octanol–water partition coefficient (Wildman–Crippen LogP) is 5.50. The van der Waals surface area contributed by atoms with Crippen molar-refractivity contribution >= 4 is 46.3 Å². The first kappa shape index (κ1) is 15.2. The number of rotatable bonds is 6. The Morgan fingerprint density at radius 3 is 2.53 bits per heavy atom. The summed E-state index contributed by atoms with van der Waals surface area (Å²) in [7, 11) is 0. The van der Waals surface area contributed by atoms with Crippen LogP contribution in [0.5, 0.6) is 0 Å². The van der Waals surface area contributed by atoms with E-state index in [1.54, 1.807) is 11.3 Å². The average Bonchev–Trinajstić information content (AvgIpc) is 2.83. The van der Waals surface area contributed by atoms with Crippen LogP contribution in [0.3, 0.4) is 0 Å². The van der Waals surface area contributed by atoms with Crippen LogP contribution in [0.15, 0.2) is 40.6 Å². The van der Waals surface area contributed by atoms with Crippen molar-refractivity contribution in [3.05, 3.63) is 50.6 Å². The molecule has 0 bridgehead atoms. The van der Waals surface area contributed by atoms with Crippen molar-refractivity contribution in [2.24, 2.45) is 0 Å². The van der Waals surface area contributed by atoms with Gasteiger partial charge in [-0.25, -0.2) is 0 Å². The highest BCUT2D eigenvalue weighted by Gasteiger charge is 2.15. The maximum absolute atomic E-state index is 6.22. The third-order valence-electron chi connectivity index (χ3n) is 2.64. The van der Waals surface area contributed by atoms with Crippen LogP contribution in [0, 0.1) is 0 Å². The van der Waals surface area contributed by atoms with Gasteiger partial charge in [-0.3, -0.25) is 0 Å². The summed E-state index contributed by atoms with van der Waals surface area (Å²) in [6.45, 7) is 3.04. The minimum atomic E-state index is 0.290. The number of thioether (sulfide) groups is 1. The smallest absolute Gasteiger partial charge is 0.0561 e. The van der Waals surface area contributed by atoms with Crippen molar-refractivity contribution in [1.29, 1.82) is 0 Å². The van der Waals surface area contributed by atoms with Gasteiger partial charge in [-0.15, -0.1) is 23.1 Å². The summed E-state index contributed by atoms with van der Waals surface area (Å²) in [5, 5.41) is 7.15. The molecule has 1 N–H and O–H groups in total. The fourth-order valence-electron chi connectivity index (χ4n) is 1.74. The molecule has 102 valence electrons. The summed E-state index contributed by atoms with van der Waals surface area (Å²) in [5.41, 5.74) is 0. The first-order valence-electron chi connectivity index (χ1n) is 6.05. The first-order chi connectivity index (χ1) is 9.20. The molecule has 0 aliphatic carbocycles. The standard InChI is InChI=1S/C14H15Cl2NS2/c1-2-17-13(14-12(16)7-8-18-14)9-19-11-5-3-10(15)4-6-11/h3-8,13,17H,2,9H2,1H3. The number of halogens is 2. The van der Waals surface area contributed by atoms with Crippen LogP contribution in [-0.2, 0) is 0 Å². The molecule has 0 aliphatic heterocycles. The van der Waals surface area contributed by atoms with Crippen LogP contribution in [0.25, 0.3) is 0 Å². The zero-order valence-corrected chi connectivity index (χ0v) is 13.7. The van der Waals surface area contributed by atoms with E-state index >= 15 is 0 Å². The largest absolute Gasteiger partial charge is 0.309 e. The molecule has 2 aromatic rings. The predicted molar refractivity (Wildman–Crippen MR) is 87.9 cm³/mol. The molecule has 0 saturated carbocycles. The first-order valence-corrected chi connectivity index (χ1v) is 8.67. The highest BCUT2D eigenvalue weighted by molar-refractivity contribution is 7.99. The van der Waals surface area contributed by atoms with E-state index in [9.17, 15) is 0 Å². The van der Waals surface area contributed by atoms with E-state index in [-0.39, 0.29) is 6.04 Å². The SMILES string of the molecule is CCNC(CSc1ccc(Cl)cc1)c1sccc1Cl. The van der Waals surface area contributed by atoms with Crippen molar-refractivity contribution in [2.75, 3.05) is 12.3 Å². The molecule has 1 aromatic heterocycles. The fourth-order valence-corrected chi connectivity index (χ4v) is 4.21. The highest BCUT2D eigenvalue weighted by atomic mass is 35.5. The number of benzene rings is 1. The lowest BCUT2D eigenvalue weighted by Gasteiger charge is -2.16. The fraction of sp³-hybridized carbons (Fsp3) is 0.286. The molecule has 0 radical (unpaired) electrons. The zero-order chi connectivity index (χ0) is 13.7. The minimum Gasteiger partial charge on any atom is -0.309 e. The molecule has 2 rings (SSSR count). The molecule has 5 heteroatoms. The van der Waals surface area contributed by atoms with Crippen molar-refractivity contribution in [3.63, 3.8) is 0 Å². The van der Waals surface area contributed by atoms with E-state index in [1.807, 2.05) is 47.5 Å². The summed E-state index contributed by atoms with van der Waals surface area (Å²) in [4.78, 5) is 2.44. The summed E-state index contributed by atoms with van der Waals surface area (Å²) in [5.74, 6) is 0.954. The summed E-state index contributed by atoms with van der Waals surface area (Å²) in [6.07, 6.45) is 0.